The van der Waals surface area contributed by atoms with Gasteiger partial charge in [-0.1, -0.05) is 0 Å². The lowest BCUT2D eigenvalue weighted by Crippen LogP contribution is -2.34. The van der Waals surface area contributed by atoms with Crippen LogP contribution in [-0.4, -0.2) is 41.8 Å². The van der Waals surface area contributed by atoms with Crippen LogP contribution in [0.5, 0.6) is 5.75 Å². The zero-order valence-electron chi connectivity index (χ0n) is 11.0. The van der Waals surface area contributed by atoms with E-state index in [0.717, 1.165) is 31.6 Å². The van der Waals surface area contributed by atoms with Crippen molar-refractivity contribution in [3.63, 3.8) is 0 Å². The Morgan fingerprint density at radius 2 is 2.26 bits per heavy atom. The lowest BCUT2D eigenvalue weighted by atomic mass is 10.1. The Bertz CT molecular complexity index is 445. The van der Waals surface area contributed by atoms with Crippen LogP contribution in [0, 0.1) is 6.92 Å². The summed E-state index contributed by atoms with van der Waals surface area (Å²) in [5.41, 5.74) is 0.729. The number of amides is 1. The number of anilines is 1. The first-order valence-corrected chi connectivity index (χ1v) is 6.44. The van der Waals surface area contributed by atoms with Crippen molar-refractivity contribution in [2.75, 3.05) is 25.0 Å². The van der Waals surface area contributed by atoms with Crippen LogP contribution in [0.15, 0.2) is 12.1 Å². The van der Waals surface area contributed by atoms with Crippen LogP contribution in [0.4, 0.5) is 5.82 Å². The molecular weight excluding hydrogens is 246 g/mol. The summed E-state index contributed by atoms with van der Waals surface area (Å²) in [5.74, 6) is -0.161. The van der Waals surface area contributed by atoms with Gasteiger partial charge in [0.25, 0.3) is 5.91 Å². The number of aromatic nitrogens is 1. The standard InChI is InChI=1S/C13H19N3O3/c1-9-2-3-11(17)13(15-9)16-12(18)8-19-10-4-6-14-7-5-10/h2-3,10,14,17H,4-8H2,1H3,(H,15,16,18). The number of carbonyl (C=O) groups excluding carboxylic acids is 1. The van der Waals surface area contributed by atoms with E-state index in [-0.39, 0.29) is 30.2 Å². The molecular formula is C13H19N3O3. The highest BCUT2D eigenvalue weighted by Gasteiger charge is 2.15. The molecule has 0 bridgehead atoms. The number of pyridine rings is 1. The summed E-state index contributed by atoms with van der Waals surface area (Å²) in [4.78, 5) is 15.8. The lowest BCUT2D eigenvalue weighted by Gasteiger charge is -2.22. The molecule has 2 heterocycles. The quantitative estimate of drug-likeness (QED) is 0.750. The van der Waals surface area contributed by atoms with E-state index in [1.54, 1.807) is 13.0 Å². The van der Waals surface area contributed by atoms with Gasteiger partial charge in [0.2, 0.25) is 0 Å². The molecule has 104 valence electrons. The second-order valence-corrected chi connectivity index (χ2v) is 4.63. The van der Waals surface area contributed by atoms with Crippen LogP contribution in [0.3, 0.4) is 0 Å². The molecule has 6 nitrogen and oxygen atoms in total. The van der Waals surface area contributed by atoms with Crippen LogP contribution < -0.4 is 10.6 Å². The zero-order valence-corrected chi connectivity index (χ0v) is 11.0. The Kier molecular flexibility index (Phi) is 4.70. The molecule has 1 aliphatic heterocycles. The summed E-state index contributed by atoms with van der Waals surface area (Å²) in [6.07, 6.45) is 1.97. The van der Waals surface area contributed by atoms with Crippen molar-refractivity contribution in [1.82, 2.24) is 10.3 Å². The first-order chi connectivity index (χ1) is 9.15. The molecule has 1 aromatic heterocycles. The highest BCUT2D eigenvalue weighted by molar-refractivity contribution is 5.92. The molecule has 0 radical (unpaired) electrons. The number of aromatic hydroxyl groups is 1. The molecule has 0 aliphatic carbocycles. The van der Waals surface area contributed by atoms with E-state index in [0.29, 0.717) is 0 Å². The molecule has 1 amide bonds. The van der Waals surface area contributed by atoms with Crippen LogP contribution in [0.1, 0.15) is 18.5 Å². The predicted molar refractivity (Wildman–Crippen MR) is 71.1 cm³/mol. The lowest BCUT2D eigenvalue weighted by molar-refractivity contribution is -0.123. The largest absolute Gasteiger partial charge is 0.504 e. The molecule has 3 N–H and O–H groups in total. The summed E-state index contributed by atoms with van der Waals surface area (Å²) in [5, 5.41) is 15.4. The van der Waals surface area contributed by atoms with Gasteiger partial charge in [0.15, 0.2) is 11.6 Å². The number of carbonyl (C=O) groups is 1. The molecule has 0 aromatic carbocycles. The molecule has 2 rings (SSSR count). The maximum Gasteiger partial charge on any atom is 0.251 e. The fourth-order valence-corrected chi connectivity index (χ4v) is 1.97. The fourth-order valence-electron chi connectivity index (χ4n) is 1.97. The third-order valence-electron chi connectivity index (χ3n) is 3.01. The number of rotatable bonds is 4. The number of nitrogens with zero attached hydrogens (tertiary/aromatic N) is 1. The second kappa shape index (κ2) is 6.49. The van der Waals surface area contributed by atoms with Gasteiger partial charge in [-0.3, -0.25) is 4.79 Å². The molecule has 6 heteroatoms. The molecule has 0 saturated carbocycles. The Hall–Kier alpha value is -1.66. The summed E-state index contributed by atoms with van der Waals surface area (Å²) in [6.45, 7) is 3.62. The molecule has 1 saturated heterocycles. The van der Waals surface area contributed by atoms with Gasteiger partial charge in [0, 0.05) is 5.69 Å². The third-order valence-corrected chi connectivity index (χ3v) is 3.01. The van der Waals surface area contributed by atoms with E-state index in [2.05, 4.69) is 15.6 Å². The Morgan fingerprint density at radius 1 is 1.53 bits per heavy atom. The van der Waals surface area contributed by atoms with Crippen LogP contribution in [0.25, 0.3) is 0 Å². The minimum Gasteiger partial charge on any atom is -0.504 e. The highest BCUT2D eigenvalue weighted by Crippen LogP contribution is 2.20. The number of piperidine rings is 1. The normalized spacial score (nSPS) is 16.3. The zero-order chi connectivity index (χ0) is 13.7. The minimum atomic E-state index is -0.299. The van der Waals surface area contributed by atoms with Gasteiger partial charge in [-0.05, 0) is 45.0 Å². The molecule has 1 aliphatic rings. The summed E-state index contributed by atoms with van der Waals surface area (Å²) < 4.78 is 5.53. The average molecular weight is 265 g/mol. The van der Waals surface area contributed by atoms with Crippen molar-refractivity contribution in [2.45, 2.75) is 25.9 Å². The Labute approximate surface area is 112 Å². The monoisotopic (exact) mass is 265 g/mol. The average Bonchev–Trinajstić information content (AvgIpc) is 2.42. The van der Waals surface area contributed by atoms with Crippen molar-refractivity contribution < 1.29 is 14.6 Å². The van der Waals surface area contributed by atoms with E-state index in [4.69, 9.17) is 4.74 Å². The van der Waals surface area contributed by atoms with E-state index in [1.165, 1.54) is 6.07 Å². The number of hydrogen-bond acceptors (Lipinski definition) is 5. The topological polar surface area (TPSA) is 83.5 Å². The van der Waals surface area contributed by atoms with Gasteiger partial charge in [-0.25, -0.2) is 4.98 Å². The van der Waals surface area contributed by atoms with Gasteiger partial charge in [0.1, 0.15) is 6.61 Å². The maximum atomic E-state index is 11.7. The second-order valence-electron chi connectivity index (χ2n) is 4.63. The summed E-state index contributed by atoms with van der Waals surface area (Å²) >= 11 is 0. The van der Waals surface area contributed by atoms with E-state index >= 15 is 0 Å². The Balaban J connectivity index is 1.81. The van der Waals surface area contributed by atoms with Crippen LogP contribution in [-0.2, 0) is 9.53 Å². The Morgan fingerprint density at radius 3 is 3.00 bits per heavy atom. The van der Waals surface area contributed by atoms with Crippen molar-refractivity contribution >= 4 is 11.7 Å². The van der Waals surface area contributed by atoms with Crippen LogP contribution >= 0.6 is 0 Å². The number of nitrogens with one attached hydrogen (secondary N) is 2. The van der Waals surface area contributed by atoms with Crippen molar-refractivity contribution in [3.05, 3.63) is 17.8 Å². The van der Waals surface area contributed by atoms with Crippen LogP contribution in [0.2, 0.25) is 0 Å². The van der Waals surface area contributed by atoms with Gasteiger partial charge in [-0.2, -0.15) is 0 Å². The van der Waals surface area contributed by atoms with E-state index in [1.807, 2.05) is 0 Å². The first-order valence-electron chi connectivity index (χ1n) is 6.44. The molecule has 19 heavy (non-hydrogen) atoms. The molecule has 1 fully saturated rings. The number of aryl methyl sites for hydroxylation is 1. The van der Waals surface area contributed by atoms with Gasteiger partial charge in [0.05, 0.1) is 6.10 Å². The van der Waals surface area contributed by atoms with Crippen molar-refractivity contribution in [2.24, 2.45) is 0 Å². The number of hydrogen-bond donors (Lipinski definition) is 3. The molecule has 0 atom stereocenters. The van der Waals surface area contributed by atoms with Gasteiger partial charge < -0.3 is 20.5 Å². The maximum absolute atomic E-state index is 11.7. The molecule has 1 aromatic rings. The number of ether oxygens (including phenoxy) is 1. The van der Waals surface area contributed by atoms with E-state index < -0.39 is 0 Å². The fraction of sp³-hybridized carbons (Fsp3) is 0.538. The van der Waals surface area contributed by atoms with Gasteiger partial charge >= 0.3 is 0 Å². The van der Waals surface area contributed by atoms with Crippen molar-refractivity contribution in [3.8, 4) is 5.75 Å². The van der Waals surface area contributed by atoms with Crippen molar-refractivity contribution in [1.29, 1.82) is 0 Å². The summed E-state index contributed by atoms with van der Waals surface area (Å²) in [6, 6.07) is 3.18. The predicted octanol–water partition coefficient (Wildman–Crippen LogP) is 0.803. The minimum absolute atomic E-state index is 0.0142. The molecule has 0 spiro atoms. The first kappa shape index (κ1) is 13.8. The third kappa shape index (κ3) is 4.18. The van der Waals surface area contributed by atoms with E-state index in [9.17, 15) is 9.90 Å². The van der Waals surface area contributed by atoms with Gasteiger partial charge in [-0.15, -0.1) is 0 Å². The smallest absolute Gasteiger partial charge is 0.251 e. The highest BCUT2D eigenvalue weighted by atomic mass is 16.5. The SMILES string of the molecule is Cc1ccc(O)c(NC(=O)COC2CCNCC2)n1. The summed E-state index contributed by atoms with van der Waals surface area (Å²) in [7, 11) is 0. The molecule has 0 unspecified atom stereocenters.